The van der Waals surface area contributed by atoms with Crippen molar-refractivity contribution in [1.29, 1.82) is 0 Å². The Kier molecular flexibility index (Phi) is 25.5. The highest BCUT2D eigenvalue weighted by molar-refractivity contribution is 5.95. The first-order valence-electron chi connectivity index (χ1n) is 22.5. The second kappa shape index (κ2) is 29.8. The Labute approximate surface area is 378 Å². The number of benzene rings is 2. The molecular formula is C46H75N11O7. The fourth-order valence-corrected chi connectivity index (χ4v) is 6.99. The van der Waals surface area contributed by atoms with E-state index in [4.69, 9.17) is 28.7 Å². The van der Waals surface area contributed by atoms with Gasteiger partial charge in [0.25, 0.3) is 0 Å². The number of primary amides is 1. The fourth-order valence-electron chi connectivity index (χ4n) is 6.99. The molecule has 0 heterocycles. The average molecular weight is 894 g/mol. The standard InChI is InChI=1S/C46H75N11O7/c1-29(2)25-33(49)41(59)54-37(21-14-23-48)44(62)53-35(40(51)58)19-11-12-24-52-43(61)36(20-13-22-47)55-45(63)38(26-30(3)4)57-46(64)39(28-32-17-9-6-10-18-32)56-42(60)34(50)27-31-15-7-5-8-16-31/h5-10,15-18,29-30,33-39H,11-14,19-28,47-50H2,1-4H3,(H2,51,58)(H,52,61)(H,53,62)(H,54,59)(H,55,63)(H,56,60)(H,57,64)/t33-,34-,35-,36-,37-,38-,39-/m1/s1. The summed E-state index contributed by atoms with van der Waals surface area (Å²) in [5, 5.41) is 16.6. The Bertz CT molecular complexity index is 1750. The number of hydrogen-bond acceptors (Lipinski definition) is 11. The van der Waals surface area contributed by atoms with Gasteiger partial charge in [0.15, 0.2) is 0 Å². The lowest BCUT2D eigenvalue weighted by molar-refractivity contribution is -0.134. The molecule has 0 spiro atoms. The highest BCUT2D eigenvalue weighted by Gasteiger charge is 2.32. The second-order valence-electron chi connectivity index (χ2n) is 17.2. The molecule has 356 valence electrons. The van der Waals surface area contributed by atoms with E-state index >= 15 is 0 Å². The van der Waals surface area contributed by atoms with E-state index in [2.05, 4.69) is 31.9 Å². The van der Waals surface area contributed by atoms with Crippen LogP contribution in [0.2, 0.25) is 0 Å². The first-order chi connectivity index (χ1) is 30.4. The van der Waals surface area contributed by atoms with Crippen molar-refractivity contribution >= 4 is 41.4 Å². The lowest BCUT2D eigenvalue weighted by atomic mass is 10.00. The summed E-state index contributed by atoms with van der Waals surface area (Å²) in [6.45, 7) is 8.39. The quantitative estimate of drug-likeness (QED) is 0.0444. The number of nitrogens with one attached hydrogen (secondary N) is 6. The third-order valence-corrected chi connectivity index (χ3v) is 10.5. The third kappa shape index (κ3) is 21.3. The van der Waals surface area contributed by atoms with Crippen molar-refractivity contribution in [2.24, 2.45) is 40.5 Å². The van der Waals surface area contributed by atoms with Gasteiger partial charge in [-0.2, -0.15) is 0 Å². The molecule has 18 nitrogen and oxygen atoms in total. The summed E-state index contributed by atoms with van der Waals surface area (Å²) in [7, 11) is 0. The topological polar surface area (TPSA) is 322 Å². The smallest absolute Gasteiger partial charge is 0.243 e. The van der Waals surface area contributed by atoms with Crippen LogP contribution < -0.4 is 60.6 Å². The summed E-state index contributed by atoms with van der Waals surface area (Å²) in [6.07, 6.45) is 3.35. The summed E-state index contributed by atoms with van der Waals surface area (Å²) in [6, 6.07) is 11.6. The van der Waals surface area contributed by atoms with Gasteiger partial charge in [0.1, 0.15) is 30.2 Å². The zero-order valence-electron chi connectivity index (χ0n) is 38.1. The van der Waals surface area contributed by atoms with Gasteiger partial charge in [-0.05, 0) is 100 Å². The summed E-state index contributed by atoms with van der Waals surface area (Å²) in [4.78, 5) is 92.9. The number of rotatable bonds is 31. The van der Waals surface area contributed by atoms with Gasteiger partial charge in [0, 0.05) is 13.0 Å². The molecule has 0 aliphatic heterocycles. The van der Waals surface area contributed by atoms with Gasteiger partial charge >= 0.3 is 0 Å². The summed E-state index contributed by atoms with van der Waals surface area (Å²) in [5.74, 6) is -3.83. The lowest BCUT2D eigenvalue weighted by Gasteiger charge is -2.27. The molecule has 16 N–H and O–H groups in total. The van der Waals surface area contributed by atoms with Crippen molar-refractivity contribution in [3.63, 3.8) is 0 Å². The van der Waals surface area contributed by atoms with E-state index < -0.39 is 83.6 Å². The molecule has 64 heavy (non-hydrogen) atoms. The SMILES string of the molecule is CC(C)C[C@@H](N)C(=O)N[C@H](CCCN)C(=O)N[C@H](CCCCNC(=O)[C@@H](CCCN)NC(=O)[C@@H](CC(C)C)NC(=O)[C@@H](Cc1ccccc1)NC(=O)[C@H](N)Cc1ccccc1)C(N)=O. The molecule has 2 aromatic rings. The largest absolute Gasteiger partial charge is 0.368 e. The van der Waals surface area contributed by atoms with Gasteiger partial charge in [-0.25, -0.2) is 0 Å². The van der Waals surface area contributed by atoms with Crippen LogP contribution in [0.1, 0.15) is 96.6 Å². The predicted octanol–water partition coefficient (Wildman–Crippen LogP) is -0.108. The second-order valence-corrected chi connectivity index (χ2v) is 17.2. The van der Waals surface area contributed by atoms with Gasteiger partial charge in [-0.1, -0.05) is 88.4 Å². The minimum atomic E-state index is -1.06. The van der Waals surface area contributed by atoms with E-state index in [1.54, 1.807) is 0 Å². The van der Waals surface area contributed by atoms with E-state index in [1.165, 1.54) is 0 Å². The van der Waals surface area contributed by atoms with Crippen LogP contribution in [0, 0.1) is 11.8 Å². The molecule has 0 aliphatic rings. The van der Waals surface area contributed by atoms with Gasteiger partial charge < -0.3 is 60.6 Å². The van der Waals surface area contributed by atoms with E-state index in [9.17, 15) is 33.6 Å². The molecule has 18 heteroatoms. The maximum Gasteiger partial charge on any atom is 0.243 e. The third-order valence-electron chi connectivity index (χ3n) is 10.5. The van der Waals surface area contributed by atoms with E-state index in [-0.39, 0.29) is 70.0 Å². The molecule has 0 bridgehead atoms. The summed E-state index contributed by atoms with van der Waals surface area (Å²) >= 11 is 0. The number of hydrogen-bond donors (Lipinski definition) is 11. The summed E-state index contributed by atoms with van der Waals surface area (Å²) in [5.41, 5.74) is 31.0. The summed E-state index contributed by atoms with van der Waals surface area (Å²) < 4.78 is 0. The molecule has 7 atom stereocenters. The van der Waals surface area contributed by atoms with Crippen molar-refractivity contribution < 1.29 is 33.6 Å². The normalized spacial score (nSPS) is 14.5. The van der Waals surface area contributed by atoms with Crippen molar-refractivity contribution in [2.45, 2.75) is 141 Å². The monoisotopic (exact) mass is 894 g/mol. The number of unbranched alkanes of at least 4 members (excludes halogenated alkanes) is 1. The van der Waals surface area contributed by atoms with E-state index in [0.29, 0.717) is 32.1 Å². The van der Waals surface area contributed by atoms with Crippen LogP contribution in [0.3, 0.4) is 0 Å². The van der Waals surface area contributed by atoms with Gasteiger partial charge in [-0.15, -0.1) is 0 Å². The first kappa shape index (κ1) is 54.7. The molecule has 0 unspecified atom stereocenters. The Hall–Kier alpha value is -5.43. The molecule has 7 amide bonds. The van der Waals surface area contributed by atoms with Gasteiger partial charge in [0.05, 0.1) is 12.1 Å². The van der Waals surface area contributed by atoms with Crippen LogP contribution in [0.15, 0.2) is 60.7 Å². The fraction of sp³-hybridized carbons (Fsp3) is 0.587. The minimum absolute atomic E-state index is 0.0357. The molecule has 0 saturated heterocycles. The van der Waals surface area contributed by atoms with Gasteiger partial charge in [-0.3, -0.25) is 33.6 Å². The number of amides is 7. The zero-order chi connectivity index (χ0) is 47.6. The molecule has 0 aliphatic carbocycles. The maximum atomic E-state index is 14.0. The molecule has 0 radical (unpaired) electrons. The Morgan fingerprint density at radius 2 is 0.891 bits per heavy atom. The highest BCUT2D eigenvalue weighted by atomic mass is 16.2. The van der Waals surface area contributed by atoms with Crippen LogP contribution in [-0.2, 0) is 46.4 Å². The molecule has 2 rings (SSSR count). The van der Waals surface area contributed by atoms with Crippen LogP contribution in [0.25, 0.3) is 0 Å². The average Bonchev–Trinajstić information content (AvgIpc) is 3.25. The lowest BCUT2D eigenvalue weighted by Crippen LogP contribution is -2.58. The number of carbonyl (C=O) groups excluding carboxylic acids is 7. The van der Waals surface area contributed by atoms with Crippen molar-refractivity contribution in [2.75, 3.05) is 19.6 Å². The number of nitrogens with two attached hydrogens (primary N) is 5. The van der Waals surface area contributed by atoms with Crippen LogP contribution >= 0.6 is 0 Å². The molecule has 0 saturated carbocycles. The molecular weight excluding hydrogens is 819 g/mol. The van der Waals surface area contributed by atoms with Gasteiger partial charge in [0.2, 0.25) is 41.4 Å². The van der Waals surface area contributed by atoms with Crippen LogP contribution in [0.5, 0.6) is 0 Å². The molecule has 2 aromatic carbocycles. The Balaban J connectivity index is 2.08. The molecule has 0 aromatic heterocycles. The first-order valence-corrected chi connectivity index (χ1v) is 22.5. The van der Waals surface area contributed by atoms with Crippen molar-refractivity contribution in [3.05, 3.63) is 71.8 Å². The van der Waals surface area contributed by atoms with E-state index in [1.807, 2.05) is 88.4 Å². The Morgan fingerprint density at radius 3 is 1.42 bits per heavy atom. The number of carbonyl (C=O) groups is 7. The van der Waals surface area contributed by atoms with Crippen molar-refractivity contribution in [3.8, 4) is 0 Å². The minimum Gasteiger partial charge on any atom is -0.368 e. The predicted molar refractivity (Wildman–Crippen MR) is 247 cm³/mol. The zero-order valence-corrected chi connectivity index (χ0v) is 38.1. The Morgan fingerprint density at radius 1 is 0.469 bits per heavy atom. The van der Waals surface area contributed by atoms with Crippen LogP contribution in [0.4, 0.5) is 0 Å². The van der Waals surface area contributed by atoms with Crippen LogP contribution in [-0.4, -0.2) is 103 Å². The van der Waals surface area contributed by atoms with E-state index in [0.717, 1.165) is 11.1 Å². The maximum absolute atomic E-state index is 14.0. The highest BCUT2D eigenvalue weighted by Crippen LogP contribution is 2.11. The molecule has 0 fully saturated rings. The van der Waals surface area contributed by atoms with Crippen molar-refractivity contribution in [1.82, 2.24) is 31.9 Å².